The van der Waals surface area contributed by atoms with Gasteiger partial charge in [0.2, 0.25) is 0 Å². The number of nitriles is 1. The fraction of sp³-hybridized carbons (Fsp3) is 0.0870. The number of nitrogens with zero attached hydrogens (tertiary/aromatic N) is 3. The van der Waals surface area contributed by atoms with Crippen LogP contribution in [-0.4, -0.2) is 34.6 Å². The highest BCUT2D eigenvalue weighted by molar-refractivity contribution is 7.13. The SMILES string of the molecule is COc1cc(C=C(C#N)c2nc3ccc(Cl)cc3c(=O)[nH]2)ccc1OCC(=O)Nc1nccs1. The van der Waals surface area contributed by atoms with Crippen molar-refractivity contribution in [2.45, 2.75) is 0 Å². The van der Waals surface area contributed by atoms with E-state index in [0.29, 0.717) is 38.1 Å². The minimum absolute atomic E-state index is 0.125. The van der Waals surface area contributed by atoms with Crippen LogP contribution in [0.5, 0.6) is 11.5 Å². The van der Waals surface area contributed by atoms with E-state index in [0.717, 1.165) is 0 Å². The molecule has 0 aliphatic carbocycles. The van der Waals surface area contributed by atoms with Crippen molar-refractivity contribution in [1.82, 2.24) is 15.0 Å². The number of aromatic amines is 1. The lowest BCUT2D eigenvalue weighted by Gasteiger charge is -2.11. The van der Waals surface area contributed by atoms with Gasteiger partial charge in [-0.3, -0.25) is 14.9 Å². The van der Waals surface area contributed by atoms with Crippen LogP contribution in [0, 0.1) is 11.3 Å². The summed E-state index contributed by atoms with van der Waals surface area (Å²) < 4.78 is 10.9. The zero-order valence-electron chi connectivity index (χ0n) is 17.7. The van der Waals surface area contributed by atoms with Gasteiger partial charge in [-0.05, 0) is 42.0 Å². The summed E-state index contributed by atoms with van der Waals surface area (Å²) in [6.45, 7) is -0.235. The number of carbonyl (C=O) groups excluding carboxylic acids is 1. The molecule has 34 heavy (non-hydrogen) atoms. The summed E-state index contributed by atoms with van der Waals surface area (Å²) in [5, 5.41) is 15.3. The fourth-order valence-electron chi connectivity index (χ4n) is 3.04. The van der Waals surface area contributed by atoms with Gasteiger partial charge in [0, 0.05) is 16.6 Å². The van der Waals surface area contributed by atoms with E-state index in [1.807, 2.05) is 0 Å². The van der Waals surface area contributed by atoms with Crippen LogP contribution < -0.4 is 20.3 Å². The van der Waals surface area contributed by atoms with E-state index in [2.05, 4.69) is 26.3 Å². The molecule has 1 amide bonds. The van der Waals surface area contributed by atoms with Crippen molar-refractivity contribution in [1.29, 1.82) is 5.26 Å². The maximum atomic E-state index is 12.4. The third-order valence-corrected chi connectivity index (χ3v) is 5.50. The minimum Gasteiger partial charge on any atom is -0.493 e. The highest BCUT2D eigenvalue weighted by atomic mass is 35.5. The maximum Gasteiger partial charge on any atom is 0.264 e. The molecule has 0 unspecified atom stereocenters. The Kier molecular flexibility index (Phi) is 6.87. The number of ether oxygens (including phenoxy) is 2. The molecule has 0 aliphatic rings. The van der Waals surface area contributed by atoms with Crippen LogP contribution in [0.1, 0.15) is 11.4 Å². The molecule has 2 aromatic carbocycles. The van der Waals surface area contributed by atoms with E-state index in [4.69, 9.17) is 21.1 Å². The molecule has 2 heterocycles. The largest absolute Gasteiger partial charge is 0.493 e. The second-order valence-electron chi connectivity index (χ2n) is 6.83. The lowest BCUT2D eigenvalue weighted by molar-refractivity contribution is -0.118. The summed E-state index contributed by atoms with van der Waals surface area (Å²) in [4.78, 5) is 35.4. The highest BCUT2D eigenvalue weighted by Gasteiger charge is 2.12. The quantitative estimate of drug-likeness (QED) is 0.370. The van der Waals surface area contributed by atoms with Crippen molar-refractivity contribution in [2.24, 2.45) is 0 Å². The molecule has 4 aromatic rings. The van der Waals surface area contributed by atoms with Crippen molar-refractivity contribution in [3.05, 3.63) is 74.7 Å². The number of hydrogen-bond acceptors (Lipinski definition) is 8. The second kappa shape index (κ2) is 10.2. The minimum atomic E-state index is -0.402. The van der Waals surface area contributed by atoms with E-state index in [9.17, 15) is 14.9 Å². The van der Waals surface area contributed by atoms with Crippen molar-refractivity contribution in [3.8, 4) is 17.6 Å². The van der Waals surface area contributed by atoms with Gasteiger partial charge in [0.1, 0.15) is 6.07 Å². The Hall–Kier alpha value is -4.20. The number of halogens is 1. The van der Waals surface area contributed by atoms with Gasteiger partial charge in [0.05, 0.1) is 23.6 Å². The van der Waals surface area contributed by atoms with Crippen LogP contribution in [0.15, 0.2) is 52.8 Å². The van der Waals surface area contributed by atoms with Crippen molar-refractivity contribution in [2.75, 3.05) is 19.0 Å². The van der Waals surface area contributed by atoms with Crippen LogP contribution in [0.2, 0.25) is 5.02 Å². The molecule has 0 fully saturated rings. The number of allylic oxidation sites excluding steroid dienone is 1. The zero-order valence-corrected chi connectivity index (χ0v) is 19.2. The Balaban J connectivity index is 1.56. The first-order valence-corrected chi connectivity index (χ1v) is 11.0. The molecule has 0 aliphatic heterocycles. The van der Waals surface area contributed by atoms with Gasteiger partial charge in [-0.1, -0.05) is 17.7 Å². The first-order chi connectivity index (χ1) is 16.5. The van der Waals surface area contributed by atoms with Gasteiger partial charge < -0.3 is 14.5 Å². The number of benzene rings is 2. The summed E-state index contributed by atoms with van der Waals surface area (Å²) >= 11 is 7.25. The molecule has 0 saturated heterocycles. The third-order valence-electron chi connectivity index (χ3n) is 4.58. The number of carbonyl (C=O) groups is 1. The molecular weight excluding hydrogens is 478 g/mol. The number of amides is 1. The monoisotopic (exact) mass is 493 g/mol. The summed E-state index contributed by atoms with van der Waals surface area (Å²) in [6.07, 6.45) is 3.14. The molecular formula is C23H16ClN5O4S. The molecule has 11 heteroatoms. The molecule has 0 spiro atoms. The van der Waals surface area contributed by atoms with Gasteiger partial charge in [-0.25, -0.2) is 9.97 Å². The van der Waals surface area contributed by atoms with Crippen LogP contribution in [0.3, 0.4) is 0 Å². The van der Waals surface area contributed by atoms with E-state index in [1.165, 1.54) is 24.5 Å². The lowest BCUT2D eigenvalue weighted by atomic mass is 10.1. The van der Waals surface area contributed by atoms with Crippen LogP contribution in [0.4, 0.5) is 5.13 Å². The van der Waals surface area contributed by atoms with E-state index < -0.39 is 5.56 Å². The number of anilines is 1. The summed E-state index contributed by atoms with van der Waals surface area (Å²) in [6, 6.07) is 11.8. The van der Waals surface area contributed by atoms with Crippen molar-refractivity contribution < 1.29 is 14.3 Å². The summed E-state index contributed by atoms with van der Waals surface area (Å²) in [7, 11) is 1.46. The molecule has 170 valence electrons. The number of thiazole rings is 1. The lowest BCUT2D eigenvalue weighted by Crippen LogP contribution is -2.20. The topological polar surface area (TPSA) is 130 Å². The van der Waals surface area contributed by atoms with Gasteiger partial charge in [0.25, 0.3) is 11.5 Å². The molecule has 9 nitrogen and oxygen atoms in total. The molecule has 2 aromatic heterocycles. The molecule has 0 bridgehead atoms. The average molecular weight is 494 g/mol. The number of H-pyrrole nitrogens is 1. The van der Waals surface area contributed by atoms with E-state index in [1.54, 1.807) is 48.0 Å². The fourth-order valence-corrected chi connectivity index (χ4v) is 3.75. The van der Waals surface area contributed by atoms with E-state index in [-0.39, 0.29) is 23.9 Å². The number of aromatic nitrogens is 3. The van der Waals surface area contributed by atoms with Crippen LogP contribution in [0.25, 0.3) is 22.6 Å². The second-order valence-corrected chi connectivity index (χ2v) is 8.16. The first kappa shape index (κ1) is 23.0. The number of nitrogens with one attached hydrogen (secondary N) is 2. The van der Waals surface area contributed by atoms with Gasteiger partial charge in [-0.15, -0.1) is 11.3 Å². The van der Waals surface area contributed by atoms with Crippen molar-refractivity contribution >= 4 is 56.5 Å². The van der Waals surface area contributed by atoms with E-state index >= 15 is 0 Å². The number of hydrogen-bond donors (Lipinski definition) is 2. The molecule has 0 saturated carbocycles. The Bertz CT molecular complexity index is 1490. The Morgan fingerprint density at radius 2 is 2.15 bits per heavy atom. The van der Waals surface area contributed by atoms with Crippen molar-refractivity contribution in [3.63, 3.8) is 0 Å². The summed E-state index contributed by atoms with van der Waals surface area (Å²) in [5.74, 6) is 0.477. The number of methoxy groups -OCH3 is 1. The Morgan fingerprint density at radius 3 is 2.88 bits per heavy atom. The third kappa shape index (κ3) is 5.23. The van der Waals surface area contributed by atoms with Gasteiger partial charge in [-0.2, -0.15) is 5.26 Å². The normalized spacial score (nSPS) is 11.1. The predicted molar refractivity (Wildman–Crippen MR) is 130 cm³/mol. The van der Waals surface area contributed by atoms with Crippen LogP contribution in [-0.2, 0) is 4.79 Å². The maximum absolute atomic E-state index is 12.4. The zero-order chi connectivity index (χ0) is 24.1. The summed E-state index contributed by atoms with van der Waals surface area (Å²) in [5.41, 5.74) is 0.766. The Morgan fingerprint density at radius 1 is 1.29 bits per heavy atom. The Labute approximate surface area is 202 Å². The molecule has 2 N–H and O–H groups in total. The molecule has 0 atom stereocenters. The highest BCUT2D eigenvalue weighted by Crippen LogP contribution is 2.29. The predicted octanol–water partition coefficient (Wildman–Crippen LogP) is 4.12. The standard InChI is InChI=1S/C23H16ClN5O4S/c1-32-19-9-13(2-5-18(19)33-12-20(30)28-23-26-6-7-34-23)8-14(11-25)21-27-17-4-3-15(24)10-16(17)22(31)29-21/h2-10H,12H2,1H3,(H,26,28,30)(H,27,29,31). The van der Waals surface area contributed by atoms with Gasteiger partial charge in [0.15, 0.2) is 29.1 Å². The number of fused-ring (bicyclic) bond motifs is 1. The average Bonchev–Trinajstić information content (AvgIpc) is 3.34. The van der Waals surface area contributed by atoms with Crippen LogP contribution >= 0.6 is 22.9 Å². The first-order valence-electron chi connectivity index (χ1n) is 9.79. The van der Waals surface area contributed by atoms with Gasteiger partial charge >= 0.3 is 0 Å². The smallest absolute Gasteiger partial charge is 0.264 e. The molecule has 4 rings (SSSR count). The number of rotatable bonds is 7. The molecule has 0 radical (unpaired) electrons.